The van der Waals surface area contributed by atoms with Gasteiger partial charge in [0.2, 0.25) is 0 Å². The van der Waals surface area contributed by atoms with Gasteiger partial charge in [0.25, 0.3) is 0 Å². The molecule has 1 rings (SSSR count). The van der Waals surface area contributed by atoms with Crippen molar-refractivity contribution in [2.24, 2.45) is 5.92 Å². The van der Waals surface area contributed by atoms with E-state index in [1.165, 1.54) is 38.6 Å². The molecule has 0 aromatic rings. The van der Waals surface area contributed by atoms with Gasteiger partial charge in [-0.25, -0.2) is 0 Å². The summed E-state index contributed by atoms with van der Waals surface area (Å²) in [7, 11) is 4.40. The minimum atomic E-state index is 0.670. The highest BCUT2D eigenvalue weighted by Gasteiger charge is 2.28. The van der Waals surface area contributed by atoms with E-state index in [2.05, 4.69) is 38.2 Å². The molecule has 15 heavy (non-hydrogen) atoms. The van der Waals surface area contributed by atoms with Gasteiger partial charge in [-0.1, -0.05) is 20.3 Å². The van der Waals surface area contributed by atoms with Gasteiger partial charge in [0.1, 0.15) is 0 Å². The standard InChI is InChI=1S/C13H28N2/c1-5-7-12(14-3)13(6-2)15(4)10-11-8-9-11/h11-14H,5-10H2,1-4H3. The summed E-state index contributed by atoms with van der Waals surface area (Å²) in [4.78, 5) is 2.58. The lowest BCUT2D eigenvalue weighted by molar-refractivity contribution is 0.177. The van der Waals surface area contributed by atoms with Crippen LogP contribution < -0.4 is 5.32 Å². The maximum Gasteiger partial charge on any atom is 0.0243 e. The van der Waals surface area contributed by atoms with Crippen molar-refractivity contribution in [1.82, 2.24) is 10.2 Å². The Morgan fingerprint density at radius 3 is 2.40 bits per heavy atom. The van der Waals surface area contributed by atoms with E-state index >= 15 is 0 Å². The molecule has 90 valence electrons. The molecule has 0 aromatic carbocycles. The maximum atomic E-state index is 3.49. The van der Waals surface area contributed by atoms with Crippen LogP contribution in [0.15, 0.2) is 0 Å². The first-order valence-corrected chi connectivity index (χ1v) is 6.60. The molecule has 0 bridgehead atoms. The molecule has 1 aliphatic rings. The molecule has 1 N–H and O–H groups in total. The van der Waals surface area contributed by atoms with Gasteiger partial charge in [-0.05, 0) is 45.7 Å². The summed E-state index contributed by atoms with van der Waals surface area (Å²) in [5.41, 5.74) is 0. The fraction of sp³-hybridized carbons (Fsp3) is 1.00. The van der Waals surface area contributed by atoms with Crippen molar-refractivity contribution in [3.63, 3.8) is 0 Å². The number of nitrogens with one attached hydrogen (secondary N) is 1. The summed E-state index contributed by atoms with van der Waals surface area (Å²) >= 11 is 0. The van der Waals surface area contributed by atoms with Crippen molar-refractivity contribution in [2.75, 3.05) is 20.6 Å². The van der Waals surface area contributed by atoms with Crippen LogP contribution in [0.1, 0.15) is 46.0 Å². The van der Waals surface area contributed by atoms with Crippen LogP contribution in [0, 0.1) is 5.92 Å². The topological polar surface area (TPSA) is 15.3 Å². The Labute approximate surface area is 95.4 Å². The zero-order chi connectivity index (χ0) is 11.3. The van der Waals surface area contributed by atoms with Crippen LogP contribution in [0.4, 0.5) is 0 Å². The summed E-state index contributed by atoms with van der Waals surface area (Å²) in [5, 5.41) is 3.49. The first-order chi connectivity index (χ1) is 7.22. The minimum absolute atomic E-state index is 0.670. The Morgan fingerprint density at radius 2 is 2.00 bits per heavy atom. The molecule has 0 saturated heterocycles. The third-order valence-corrected chi connectivity index (χ3v) is 3.66. The van der Waals surface area contributed by atoms with E-state index in [9.17, 15) is 0 Å². The minimum Gasteiger partial charge on any atom is -0.315 e. The predicted octanol–water partition coefficient (Wildman–Crippen LogP) is 2.49. The summed E-state index contributed by atoms with van der Waals surface area (Å²) in [6.07, 6.45) is 6.75. The molecule has 1 aliphatic carbocycles. The monoisotopic (exact) mass is 212 g/mol. The molecular formula is C13H28N2. The first-order valence-electron chi connectivity index (χ1n) is 6.60. The van der Waals surface area contributed by atoms with Crippen LogP contribution in [0.3, 0.4) is 0 Å². The first kappa shape index (κ1) is 13.0. The second-order valence-electron chi connectivity index (χ2n) is 5.04. The lowest BCUT2D eigenvalue weighted by Crippen LogP contribution is -2.47. The van der Waals surface area contributed by atoms with Crippen LogP contribution in [0.5, 0.6) is 0 Å². The third-order valence-electron chi connectivity index (χ3n) is 3.66. The molecule has 2 unspecified atom stereocenters. The van der Waals surface area contributed by atoms with Crippen LogP contribution in [0.2, 0.25) is 0 Å². The van der Waals surface area contributed by atoms with E-state index in [1.54, 1.807) is 0 Å². The zero-order valence-corrected chi connectivity index (χ0v) is 10.9. The SMILES string of the molecule is CCCC(NC)C(CC)N(C)CC1CC1. The third kappa shape index (κ3) is 4.12. The van der Waals surface area contributed by atoms with Gasteiger partial charge in [-0.2, -0.15) is 0 Å². The largest absolute Gasteiger partial charge is 0.315 e. The van der Waals surface area contributed by atoms with E-state index in [-0.39, 0.29) is 0 Å². The maximum absolute atomic E-state index is 3.49. The number of hydrogen-bond acceptors (Lipinski definition) is 2. The quantitative estimate of drug-likeness (QED) is 0.665. The average Bonchev–Trinajstić information content (AvgIpc) is 3.01. The molecule has 2 atom stereocenters. The van der Waals surface area contributed by atoms with Gasteiger partial charge in [-0.3, -0.25) is 0 Å². The molecule has 0 heterocycles. The predicted molar refractivity (Wildman–Crippen MR) is 67.2 cm³/mol. The Morgan fingerprint density at radius 1 is 1.33 bits per heavy atom. The van der Waals surface area contributed by atoms with E-state index in [0.717, 1.165) is 12.0 Å². The van der Waals surface area contributed by atoms with Gasteiger partial charge in [0, 0.05) is 18.6 Å². The van der Waals surface area contributed by atoms with Crippen LogP contribution in [-0.4, -0.2) is 37.6 Å². The number of nitrogens with zero attached hydrogens (tertiary/aromatic N) is 1. The Balaban J connectivity index is 2.41. The highest BCUT2D eigenvalue weighted by Crippen LogP contribution is 2.30. The van der Waals surface area contributed by atoms with Crippen LogP contribution >= 0.6 is 0 Å². The summed E-state index contributed by atoms with van der Waals surface area (Å²) in [6, 6.07) is 1.39. The molecular weight excluding hydrogens is 184 g/mol. The second kappa shape index (κ2) is 6.49. The molecule has 2 heteroatoms. The van der Waals surface area contributed by atoms with Crippen molar-refractivity contribution in [3.05, 3.63) is 0 Å². The Hall–Kier alpha value is -0.0800. The van der Waals surface area contributed by atoms with Gasteiger partial charge < -0.3 is 10.2 Å². The van der Waals surface area contributed by atoms with Crippen molar-refractivity contribution < 1.29 is 0 Å². The smallest absolute Gasteiger partial charge is 0.0243 e. The van der Waals surface area contributed by atoms with Gasteiger partial charge in [0.15, 0.2) is 0 Å². The summed E-state index contributed by atoms with van der Waals surface area (Å²) in [5.74, 6) is 1.00. The van der Waals surface area contributed by atoms with Crippen molar-refractivity contribution in [3.8, 4) is 0 Å². The molecule has 0 aromatic heterocycles. The lowest BCUT2D eigenvalue weighted by Gasteiger charge is -2.34. The van der Waals surface area contributed by atoms with Crippen molar-refractivity contribution in [2.45, 2.75) is 58.0 Å². The number of hydrogen-bond donors (Lipinski definition) is 1. The molecule has 0 amide bonds. The number of likely N-dealkylation sites (N-methyl/N-ethyl adjacent to an activating group) is 2. The van der Waals surface area contributed by atoms with Crippen molar-refractivity contribution in [1.29, 1.82) is 0 Å². The molecule has 1 saturated carbocycles. The molecule has 1 fully saturated rings. The zero-order valence-electron chi connectivity index (χ0n) is 10.9. The van der Waals surface area contributed by atoms with E-state index in [0.29, 0.717) is 6.04 Å². The van der Waals surface area contributed by atoms with Crippen LogP contribution in [0.25, 0.3) is 0 Å². The van der Waals surface area contributed by atoms with Crippen molar-refractivity contribution >= 4 is 0 Å². The van der Waals surface area contributed by atoms with Gasteiger partial charge >= 0.3 is 0 Å². The van der Waals surface area contributed by atoms with E-state index < -0.39 is 0 Å². The fourth-order valence-electron chi connectivity index (χ4n) is 2.59. The Kier molecular flexibility index (Phi) is 5.62. The summed E-state index contributed by atoms with van der Waals surface area (Å²) in [6.45, 7) is 5.90. The second-order valence-corrected chi connectivity index (χ2v) is 5.04. The lowest BCUT2D eigenvalue weighted by atomic mass is 9.99. The summed E-state index contributed by atoms with van der Waals surface area (Å²) < 4.78 is 0. The van der Waals surface area contributed by atoms with E-state index in [4.69, 9.17) is 0 Å². The normalized spacial score (nSPS) is 20.6. The fourth-order valence-corrected chi connectivity index (χ4v) is 2.59. The molecule has 0 radical (unpaired) electrons. The highest BCUT2D eigenvalue weighted by molar-refractivity contribution is 4.85. The Bertz CT molecular complexity index is 166. The van der Waals surface area contributed by atoms with Gasteiger partial charge in [-0.15, -0.1) is 0 Å². The highest BCUT2D eigenvalue weighted by atomic mass is 15.2. The van der Waals surface area contributed by atoms with E-state index in [1.807, 2.05) is 0 Å². The molecule has 0 aliphatic heterocycles. The van der Waals surface area contributed by atoms with Crippen LogP contribution in [-0.2, 0) is 0 Å². The number of rotatable bonds is 8. The molecule has 2 nitrogen and oxygen atoms in total. The molecule has 0 spiro atoms. The van der Waals surface area contributed by atoms with Gasteiger partial charge in [0.05, 0.1) is 0 Å². The average molecular weight is 212 g/mol.